The molecule has 6 heteroatoms. The quantitative estimate of drug-likeness (QED) is 0.572. The van der Waals surface area contributed by atoms with Crippen LogP contribution >= 0.6 is 0 Å². The molecule has 4 nitrogen and oxygen atoms in total. The van der Waals surface area contributed by atoms with Gasteiger partial charge in [-0.3, -0.25) is 0 Å². The van der Waals surface area contributed by atoms with Crippen molar-refractivity contribution >= 4 is 13.1 Å². The molecule has 1 heterocycles. The number of esters is 1. The fourth-order valence-electron chi connectivity index (χ4n) is 1.50. The van der Waals surface area contributed by atoms with Crippen molar-refractivity contribution in [1.29, 1.82) is 0 Å². The highest BCUT2D eigenvalue weighted by molar-refractivity contribution is 6.51. The number of rotatable bonds is 4. The molecule has 0 saturated carbocycles. The van der Waals surface area contributed by atoms with Crippen molar-refractivity contribution in [2.24, 2.45) is 0 Å². The molecule has 0 amide bonds. The zero-order chi connectivity index (χ0) is 14.0. The molecule has 0 N–H and O–H groups in total. The third-order valence-electron chi connectivity index (χ3n) is 3.36. The van der Waals surface area contributed by atoms with Crippen molar-refractivity contribution in [1.82, 2.24) is 0 Å². The first-order valence-electron chi connectivity index (χ1n) is 5.94. The molecule has 0 spiro atoms. The minimum absolute atomic E-state index is 0.0449. The Hall–Kier alpha value is -0.875. The van der Waals surface area contributed by atoms with E-state index in [0.717, 1.165) is 7.11 Å². The van der Waals surface area contributed by atoms with Crippen LogP contribution in [0.4, 0.5) is 4.39 Å². The summed E-state index contributed by atoms with van der Waals surface area (Å²) in [6.45, 7) is 7.75. The second kappa shape index (κ2) is 5.40. The summed E-state index contributed by atoms with van der Waals surface area (Å²) in [4.78, 5) is 10.9. The van der Waals surface area contributed by atoms with Crippen LogP contribution in [-0.2, 0) is 18.8 Å². The van der Waals surface area contributed by atoms with Gasteiger partial charge in [0.2, 0.25) is 6.17 Å². The topological polar surface area (TPSA) is 44.8 Å². The molecule has 0 aromatic carbocycles. The number of carbonyl (C=O) groups is 1. The second-order valence-corrected chi connectivity index (χ2v) is 5.28. The third-order valence-corrected chi connectivity index (χ3v) is 3.36. The standard InChI is InChI=1S/C12H20BFO4/c1-11(2)12(3,4)18-13(17-11)8-6-7-9(14)10(15)16-5/h6,8-9H,7H2,1-5H3/b8-6+/t9-/m0/s1. The first kappa shape index (κ1) is 15.2. The minimum atomic E-state index is -1.64. The Morgan fingerprint density at radius 2 is 1.83 bits per heavy atom. The van der Waals surface area contributed by atoms with Gasteiger partial charge in [-0.15, -0.1) is 0 Å². The lowest BCUT2D eigenvalue weighted by Gasteiger charge is -2.32. The van der Waals surface area contributed by atoms with E-state index in [1.807, 2.05) is 27.7 Å². The van der Waals surface area contributed by atoms with Crippen molar-refractivity contribution in [2.75, 3.05) is 7.11 Å². The lowest BCUT2D eigenvalue weighted by molar-refractivity contribution is -0.146. The lowest BCUT2D eigenvalue weighted by Crippen LogP contribution is -2.41. The molecule has 102 valence electrons. The number of ether oxygens (including phenoxy) is 1. The molecular weight excluding hydrogens is 238 g/mol. The average Bonchev–Trinajstić information content (AvgIpc) is 2.46. The average molecular weight is 258 g/mol. The second-order valence-electron chi connectivity index (χ2n) is 5.28. The van der Waals surface area contributed by atoms with Crippen molar-refractivity contribution in [2.45, 2.75) is 51.5 Å². The largest absolute Gasteiger partial charge is 0.486 e. The predicted molar refractivity (Wildman–Crippen MR) is 66.8 cm³/mol. The van der Waals surface area contributed by atoms with E-state index in [1.54, 1.807) is 5.98 Å². The van der Waals surface area contributed by atoms with Gasteiger partial charge >= 0.3 is 13.1 Å². The van der Waals surface area contributed by atoms with E-state index < -0.39 is 30.5 Å². The minimum Gasteiger partial charge on any atom is -0.467 e. The highest BCUT2D eigenvalue weighted by Gasteiger charge is 2.49. The lowest BCUT2D eigenvalue weighted by atomic mass is 9.89. The summed E-state index contributed by atoms with van der Waals surface area (Å²) in [5.74, 6) is 0.750. The monoisotopic (exact) mass is 258 g/mol. The van der Waals surface area contributed by atoms with E-state index in [4.69, 9.17) is 9.31 Å². The summed E-state index contributed by atoms with van der Waals surface area (Å²) in [5, 5.41) is 0. The molecule has 1 aliphatic rings. The van der Waals surface area contributed by atoms with Gasteiger partial charge in [-0.1, -0.05) is 12.1 Å². The molecular formula is C12H20BFO4. The Morgan fingerprint density at radius 3 is 2.28 bits per heavy atom. The third kappa shape index (κ3) is 3.33. The Kier molecular flexibility index (Phi) is 4.56. The molecule has 1 fully saturated rings. The normalized spacial score (nSPS) is 23.3. The van der Waals surface area contributed by atoms with Crippen molar-refractivity contribution in [3.63, 3.8) is 0 Å². The summed E-state index contributed by atoms with van der Waals surface area (Å²) in [5.41, 5.74) is -0.834. The van der Waals surface area contributed by atoms with Gasteiger partial charge in [-0.25, -0.2) is 9.18 Å². The van der Waals surface area contributed by atoms with Crippen molar-refractivity contribution in [3.8, 4) is 0 Å². The number of hydrogen-bond acceptors (Lipinski definition) is 4. The Morgan fingerprint density at radius 1 is 1.33 bits per heavy atom. The van der Waals surface area contributed by atoms with E-state index in [2.05, 4.69) is 4.74 Å². The van der Waals surface area contributed by atoms with Gasteiger partial charge < -0.3 is 14.0 Å². The zero-order valence-electron chi connectivity index (χ0n) is 11.5. The molecule has 1 atom stereocenters. The van der Waals surface area contributed by atoms with Crippen LogP contribution in [0.3, 0.4) is 0 Å². The van der Waals surface area contributed by atoms with Crippen LogP contribution < -0.4 is 0 Å². The van der Waals surface area contributed by atoms with E-state index in [0.29, 0.717) is 0 Å². The van der Waals surface area contributed by atoms with Gasteiger partial charge in [-0.05, 0) is 27.7 Å². The number of methoxy groups -OCH3 is 1. The predicted octanol–water partition coefficient (Wildman–Crippen LogP) is 2.08. The maximum Gasteiger partial charge on any atom is 0.486 e. The van der Waals surface area contributed by atoms with Gasteiger partial charge in [0.05, 0.1) is 18.3 Å². The first-order valence-corrected chi connectivity index (χ1v) is 5.94. The van der Waals surface area contributed by atoms with Crippen LogP contribution in [0.1, 0.15) is 34.1 Å². The van der Waals surface area contributed by atoms with E-state index in [9.17, 15) is 9.18 Å². The molecule has 0 bridgehead atoms. The summed E-state index contributed by atoms with van der Waals surface area (Å²) in [6, 6.07) is 0. The summed E-state index contributed by atoms with van der Waals surface area (Å²) < 4.78 is 28.8. The number of carbonyl (C=O) groups excluding carboxylic acids is 1. The molecule has 0 unspecified atom stereocenters. The van der Waals surface area contributed by atoms with Crippen LogP contribution in [0.15, 0.2) is 12.1 Å². The Labute approximate surface area is 108 Å². The fourth-order valence-corrected chi connectivity index (χ4v) is 1.50. The van der Waals surface area contributed by atoms with Gasteiger partial charge in [-0.2, -0.15) is 0 Å². The zero-order valence-corrected chi connectivity index (χ0v) is 11.5. The number of allylic oxidation sites excluding steroid dienone is 1. The molecule has 0 aromatic heterocycles. The van der Waals surface area contributed by atoms with E-state index in [-0.39, 0.29) is 6.42 Å². The highest BCUT2D eigenvalue weighted by Crippen LogP contribution is 2.36. The van der Waals surface area contributed by atoms with Crippen LogP contribution in [0.25, 0.3) is 0 Å². The SMILES string of the molecule is COC(=O)[C@@H](F)C/C=C/B1OC(C)(C)C(C)(C)O1. The summed E-state index contributed by atoms with van der Waals surface area (Å²) in [7, 11) is 0.646. The molecule has 1 aliphatic heterocycles. The molecule has 1 rings (SSSR count). The molecule has 0 aromatic rings. The number of hydrogen-bond donors (Lipinski definition) is 0. The summed E-state index contributed by atoms with van der Waals surface area (Å²) in [6.07, 6.45) is -0.158. The molecule has 1 saturated heterocycles. The molecule has 0 radical (unpaired) electrons. The smallest absolute Gasteiger partial charge is 0.467 e. The molecule has 0 aliphatic carbocycles. The van der Waals surface area contributed by atoms with Gasteiger partial charge in [0, 0.05) is 6.42 Å². The molecule has 18 heavy (non-hydrogen) atoms. The van der Waals surface area contributed by atoms with Crippen LogP contribution in [0.2, 0.25) is 0 Å². The number of halogens is 1. The Balaban J connectivity index is 2.49. The van der Waals surface area contributed by atoms with E-state index >= 15 is 0 Å². The first-order chi connectivity index (χ1) is 8.19. The maximum absolute atomic E-state index is 13.2. The van der Waals surface area contributed by atoms with Crippen LogP contribution in [0, 0.1) is 0 Å². The van der Waals surface area contributed by atoms with E-state index in [1.165, 1.54) is 6.08 Å². The highest BCUT2D eigenvalue weighted by atomic mass is 19.1. The van der Waals surface area contributed by atoms with Gasteiger partial charge in [0.15, 0.2) is 0 Å². The van der Waals surface area contributed by atoms with Crippen molar-refractivity contribution in [3.05, 3.63) is 12.1 Å². The Bertz CT molecular complexity index is 325. The van der Waals surface area contributed by atoms with Gasteiger partial charge in [0.25, 0.3) is 0 Å². The maximum atomic E-state index is 13.2. The van der Waals surface area contributed by atoms with Crippen LogP contribution in [0.5, 0.6) is 0 Å². The van der Waals surface area contributed by atoms with Crippen LogP contribution in [-0.4, -0.2) is 37.6 Å². The fraction of sp³-hybridized carbons (Fsp3) is 0.750. The summed E-state index contributed by atoms with van der Waals surface area (Å²) >= 11 is 0. The number of alkyl halides is 1. The van der Waals surface area contributed by atoms with Gasteiger partial charge in [0.1, 0.15) is 0 Å². The van der Waals surface area contributed by atoms with Crippen molar-refractivity contribution < 1.29 is 23.2 Å².